The van der Waals surface area contributed by atoms with Crippen molar-refractivity contribution >= 4 is 29.1 Å². The number of carbonyl (C=O) groups excluding carboxylic acids is 2. The Kier molecular flexibility index (Phi) is 6.60. The zero-order valence-corrected chi connectivity index (χ0v) is 19.3. The number of halogens is 1. The first-order valence-corrected chi connectivity index (χ1v) is 10.9. The second-order valence-corrected chi connectivity index (χ2v) is 8.26. The van der Waals surface area contributed by atoms with Crippen LogP contribution in [0, 0.1) is 0 Å². The van der Waals surface area contributed by atoms with Crippen molar-refractivity contribution in [3.63, 3.8) is 0 Å². The number of benzene rings is 2. The van der Waals surface area contributed by atoms with Gasteiger partial charge in [-0.15, -0.1) is 0 Å². The molecule has 0 radical (unpaired) electrons. The van der Waals surface area contributed by atoms with Gasteiger partial charge in [-0.25, -0.2) is 9.67 Å². The van der Waals surface area contributed by atoms with E-state index in [4.69, 9.17) is 22.1 Å². The molecule has 0 aliphatic heterocycles. The number of nitrogens with zero attached hydrogens (tertiary/aromatic N) is 3. The smallest absolute Gasteiger partial charge is 0.259 e. The summed E-state index contributed by atoms with van der Waals surface area (Å²) in [7, 11) is 0. The normalized spacial score (nSPS) is 10.8. The van der Waals surface area contributed by atoms with E-state index < -0.39 is 5.91 Å². The van der Waals surface area contributed by atoms with E-state index in [2.05, 4.69) is 15.4 Å². The van der Waals surface area contributed by atoms with Gasteiger partial charge in [0.2, 0.25) is 11.8 Å². The fourth-order valence-corrected chi connectivity index (χ4v) is 3.63. The molecule has 4 aromatic rings. The lowest BCUT2D eigenvalue weighted by molar-refractivity contribution is 0.0997. The number of aromatic nitrogens is 3. The SMILES string of the molecule is CC(C)c1c(C(=O)Nc2ccc(Oc3cccc(C(N)=O)c3)nc2)cnn1-c1cccc(Cl)c1. The molecule has 8 nitrogen and oxygen atoms in total. The molecular formula is C25H22ClN5O3. The molecule has 34 heavy (non-hydrogen) atoms. The lowest BCUT2D eigenvalue weighted by atomic mass is 10.0. The Morgan fingerprint density at radius 1 is 1.06 bits per heavy atom. The minimum Gasteiger partial charge on any atom is -0.439 e. The summed E-state index contributed by atoms with van der Waals surface area (Å²) < 4.78 is 7.39. The molecule has 172 valence electrons. The number of anilines is 1. The van der Waals surface area contributed by atoms with Gasteiger partial charge in [0.15, 0.2) is 0 Å². The third kappa shape index (κ3) is 5.07. The maximum atomic E-state index is 13.0. The Labute approximate surface area is 201 Å². The molecule has 0 bridgehead atoms. The van der Waals surface area contributed by atoms with Crippen molar-refractivity contribution in [2.75, 3.05) is 5.32 Å². The molecule has 2 amide bonds. The molecule has 2 aromatic heterocycles. The summed E-state index contributed by atoms with van der Waals surface area (Å²) in [6, 6.07) is 17.1. The molecule has 0 fully saturated rings. The van der Waals surface area contributed by atoms with Crippen molar-refractivity contribution in [2.24, 2.45) is 5.73 Å². The van der Waals surface area contributed by atoms with Crippen LogP contribution in [0.1, 0.15) is 46.2 Å². The van der Waals surface area contributed by atoms with Crippen LogP contribution in [0.2, 0.25) is 5.02 Å². The van der Waals surface area contributed by atoms with Gasteiger partial charge in [-0.1, -0.05) is 37.6 Å². The van der Waals surface area contributed by atoms with Gasteiger partial charge in [0, 0.05) is 16.7 Å². The van der Waals surface area contributed by atoms with Gasteiger partial charge in [-0.2, -0.15) is 5.10 Å². The summed E-state index contributed by atoms with van der Waals surface area (Å²) in [6.45, 7) is 3.99. The lowest BCUT2D eigenvalue weighted by Crippen LogP contribution is -2.15. The number of carbonyl (C=O) groups is 2. The highest BCUT2D eigenvalue weighted by Gasteiger charge is 2.21. The molecule has 0 saturated carbocycles. The number of primary amides is 1. The molecule has 0 unspecified atom stereocenters. The minimum atomic E-state index is -0.545. The minimum absolute atomic E-state index is 0.0345. The van der Waals surface area contributed by atoms with Crippen LogP contribution in [0.4, 0.5) is 5.69 Å². The molecule has 0 aliphatic carbocycles. The quantitative estimate of drug-likeness (QED) is 0.382. The third-order valence-electron chi connectivity index (χ3n) is 4.99. The van der Waals surface area contributed by atoms with Crippen LogP contribution >= 0.6 is 11.6 Å². The van der Waals surface area contributed by atoms with Crippen molar-refractivity contribution in [2.45, 2.75) is 19.8 Å². The number of rotatable bonds is 7. The number of nitrogens with two attached hydrogens (primary N) is 1. The number of amides is 2. The Bertz CT molecular complexity index is 1350. The molecule has 0 aliphatic rings. The van der Waals surface area contributed by atoms with Gasteiger partial charge in [-0.05, 0) is 48.4 Å². The number of nitrogens with one attached hydrogen (secondary N) is 1. The second-order valence-electron chi connectivity index (χ2n) is 7.82. The zero-order chi connectivity index (χ0) is 24.2. The average Bonchev–Trinajstić information content (AvgIpc) is 3.26. The topological polar surface area (TPSA) is 112 Å². The van der Waals surface area contributed by atoms with Crippen LogP contribution in [-0.2, 0) is 0 Å². The maximum absolute atomic E-state index is 13.0. The van der Waals surface area contributed by atoms with Gasteiger partial charge < -0.3 is 15.8 Å². The summed E-state index contributed by atoms with van der Waals surface area (Å²) in [6.07, 6.45) is 3.03. The van der Waals surface area contributed by atoms with E-state index in [1.165, 1.54) is 12.3 Å². The first-order valence-electron chi connectivity index (χ1n) is 10.5. The van der Waals surface area contributed by atoms with Crippen LogP contribution in [0.15, 0.2) is 73.1 Å². The molecule has 9 heteroatoms. The third-order valence-corrected chi connectivity index (χ3v) is 5.22. The number of pyridine rings is 1. The number of ether oxygens (including phenoxy) is 1. The van der Waals surface area contributed by atoms with E-state index in [1.807, 2.05) is 26.0 Å². The molecule has 2 aromatic carbocycles. The van der Waals surface area contributed by atoms with Gasteiger partial charge in [-0.3, -0.25) is 9.59 Å². The highest BCUT2D eigenvalue weighted by molar-refractivity contribution is 6.30. The van der Waals surface area contributed by atoms with Gasteiger partial charge >= 0.3 is 0 Å². The molecular weight excluding hydrogens is 454 g/mol. The average molecular weight is 476 g/mol. The van der Waals surface area contributed by atoms with Crippen LogP contribution in [-0.4, -0.2) is 26.6 Å². The molecule has 0 saturated heterocycles. The summed E-state index contributed by atoms with van der Waals surface area (Å²) in [5, 5.41) is 7.85. The lowest BCUT2D eigenvalue weighted by Gasteiger charge is -2.13. The van der Waals surface area contributed by atoms with Crippen LogP contribution < -0.4 is 15.8 Å². The summed E-state index contributed by atoms with van der Waals surface area (Å²) in [5.74, 6) is -0.0864. The monoisotopic (exact) mass is 475 g/mol. The largest absolute Gasteiger partial charge is 0.439 e. The predicted octanol–water partition coefficient (Wildman–Crippen LogP) is 5.19. The first-order chi connectivity index (χ1) is 16.3. The molecule has 0 atom stereocenters. The van der Waals surface area contributed by atoms with E-state index in [0.717, 1.165) is 11.4 Å². The Morgan fingerprint density at radius 3 is 2.53 bits per heavy atom. The van der Waals surface area contributed by atoms with Crippen molar-refractivity contribution < 1.29 is 14.3 Å². The van der Waals surface area contributed by atoms with E-state index >= 15 is 0 Å². The molecule has 0 spiro atoms. The van der Waals surface area contributed by atoms with Crippen molar-refractivity contribution in [3.8, 4) is 17.3 Å². The second kappa shape index (κ2) is 9.76. The number of hydrogen-bond acceptors (Lipinski definition) is 5. The Balaban J connectivity index is 1.51. The van der Waals surface area contributed by atoms with Gasteiger partial charge in [0.25, 0.3) is 5.91 Å². The predicted molar refractivity (Wildman–Crippen MR) is 130 cm³/mol. The Morgan fingerprint density at radius 2 is 1.85 bits per heavy atom. The fraction of sp³-hybridized carbons (Fsp3) is 0.120. The van der Waals surface area contributed by atoms with Gasteiger partial charge in [0.05, 0.1) is 35.0 Å². The highest BCUT2D eigenvalue weighted by atomic mass is 35.5. The molecule has 4 rings (SSSR count). The summed E-state index contributed by atoms with van der Waals surface area (Å²) in [4.78, 5) is 28.6. The maximum Gasteiger partial charge on any atom is 0.259 e. The van der Waals surface area contributed by atoms with E-state index in [0.29, 0.717) is 33.5 Å². The molecule has 2 heterocycles. The first kappa shape index (κ1) is 23.0. The molecule has 3 N–H and O–H groups in total. The fourth-order valence-electron chi connectivity index (χ4n) is 3.45. The van der Waals surface area contributed by atoms with E-state index in [-0.39, 0.29) is 11.8 Å². The van der Waals surface area contributed by atoms with Crippen LogP contribution in [0.25, 0.3) is 5.69 Å². The van der Waals surface area contributed by atoms with Crippen molar-refractivity contribution in [3.05, 3.63) is 94.9 Å². The van der Waals surface area contributed by atoms with E-state index in [1.54, 1.807) is 53.3 Å². The summed E-state index contributed by atoms with van der Waals surface area (Å²) in [5.41, 5.74) is 8.13. The van der Waals surface area contributed by atoms with Crippen molar-refractivity contribution in [1.29, 1.82) is 0 Å². The van der Waals surface area contributed by atoms with Crippen molar-refractivity contribution in [1.82, 2.24) is 14.8 Å². The van der Waals surface area contributed by atoms with Crippen LogP contribution in [0.3, 0.4) is 0 Å². The standard InChI is InChI=1S/C25H22ClN5O3/c1-15(2)23-21(14-29-31(23)19-7-4-6-17(26)12-19)25(33)30-18-9-10-22(28-13-18)34-20-8-3-5-16(11-20)24(27)32/h3-15H,1-2H3,(H2,27,32)(H,30,33). The highest BCUT2D eigenvalue weighted by Crippen LogP contribution is 2.26. The van der Waals surface area contributed by atoms with Gasteiger partial charge in [0.1, 0.15) is 5.75 Å². The number of hydrogen-bond donors (Lipinski definition) is 2. The zero-order valence-electron chi connectivity index (χ0n) is 18.5. The Hall–Kier alpha value is -4.17. The summed E-state index contributed by atoms with van der Waals surface area (Å²) >= 11 is 6.13. The van der Waals surface area contributed by atoms with Crippen LogP contribution in [0.5, 0.6) is 11.6 Å². The van der Waals surface area contributed by atoms with E-state index in [9.17, 15) is 9.59 Å².